The third-order valence-electron chi connectivity index (χ3n) is 10.1. The molecule has 1 aromatic carbocycles. The molecule has 3 saturated heterocycles. The summed E-state index contributed by atoms with van der Waals surface area (Å²) in [5.74, 6) is 1.29. The van der Waals surface area contributed by atoms with Crippen LogP contribution in [0.15, 0.2) is 18.2 Å². The van der Waals surface area contributed by atoms with Gasteiger partial charge in [-0.3, -0.25) is 19.1 Å². The van der Waals surface area contributed by atoms with E-state index in [-0.39, 0.29) is 30.3 Å². The predicted molar refractivity (Wildman–Crippen MR) is 151 cm³/mol. The molecule has 0 spiro atoms. The van der Waals surface area contributed by atoms with Gasteiger partial charge in [-0.15, -0.1) is 0 Å². The summed E-state index contributed by atoms with van der Waals surface area (Å²) in [7, 11) is 0. The van der Waals surface area contributed by atoms with Crippen LogP contribution in [0.3, 0.4) is 0 Å². The van der Waals surface area contributed by atoms with Crippen molar-refractivity contribution >= 4 is 23.4 Å². The second kappa shape index (κ2) is 9.93. The average molecular weight is 545 g/mol. The fourth-order valence-corrected chi connectivity index (χ4v) is 7.58. The first-order valence-corrected chi connectivity index (χ1v) is 15.2. The molecule has 9 nitrogen and oxygen atoms in total. The van der Waals surface area contributed by atoms with Gasteiger partial charge in [0.1, 0.15) is 6.54 Å². The molecular formula is C31H40N6O3. The Hall–Kier alpha value is -3.36. The summed E-state index contributed by atoms with van der Waals surface area (Å²) in [6.07, 6.45) is 5.44. The zero-order valence-electron chi connectivity index (χ0n) is 23.8. The number of fused-ring (bicyclic) bond motifs is 3. The van der Waals surface area contributed by atoms with E-state index in [1.807, 2.05) is 19.4 Å². The normalized spacial score (nSPS) is 25.9. The van der Waals surface area contributed by atoms with Crippen molar-refractivity contribution in [3.63, 3.8) is 0 Å². The van der Waals surface area contributed by atoms with Crippen molar-refractivity contribution in [3.8, 4) is 0 Å². The lowest BCUT2D eigenvalue weighted by Crippen LogP contribution is -2.50. The molecular weight excluding hydrogens is 504 g/mol. The summed E-state index contributed by atoms with van der Waals surface area (Å²) >= 11 is 0. The molecule has 1 saturated carbocycles. The van der Waals surface area contributed by atoms with Gasteiger partial charge in [0.05, 0.1) is 0 Å². The third-order valence-corrected chi connectivity index (χ3v) is 10.1. The number of piperidine rings is 1. The molecule has 212 valence electrons. The van der Waals surface area contributed by atoms with Gasteiger partial charge in [-0.1, -0.05) is 12.1 Å². The first-order chi connectivity index (χ1) is 19.4. The number of hydrogen-bond donors (Lipinski definition) is 0. The highest BCUT2D eigenvalue weighted by atomic mass is 16.2. The molecule has 2 aromatic rings. The van der Waals surface area contributed by atoms with E-state index in [4.69, 9.17) is 5.10 Å². The molecule has 3 atom stereocenters. The average Bonchev–Trinajstić information content (AvgIpc) is 3.25. The highest BCUT2D eigenvalue weighted by Crippen LogP contribution is 2.57. The van der Waals surface area contributed by atoms with Crippen LogP contribution in [0.2, 0.25) is 0 Å². The van der Waals surface area contributed by atoms with Gasteiger partial charge in [-0.25, -0.2) is 0 Å². The van der Waals surface area contributed by atoms with Crippen molar-refractivity contribution in [2.24, 2.45) is 5.92 Å². The zero-order chi connectivity index (χ0) is 27.5. The Bertz CT molecular complexity index is 1360. The van der Waals surface area contributed by atoms with Gasteiger partial charge in [-0.05, 0) is 75.0 Å². The summed E-state index contributed by atoms with van der Waals surface area (Å²) < 4.78 is 1.85. The van der Waals surface area contributed by atoms with Crippen LogP contribution in [0.4, 0.5) is 5.69 Å². The molecule has 4 fully saturated rings. The van der Waals surface area contributed by atoms with Crippen LogP contribution in [0.1, 0.15) is 70.9 Å². The lowest BCUT2D eigenvalue weighted by atomic mass is 10.0. The molecule has 7 rings (SSSR count). The standard InChI is InChI=1S/C31H40N6O3/c1-20-6-3-8-25(21(20)2)33-12-14-34(15-13-33)28(39)19-37-26-17-22-16-24(22)29(26)30(32-37)31(40)35-10-4-7-23(18-35)36-11-5-9-27(36)38/h3,6,8,22-24H,4-5,7,9-19H2,1-2H3/t22-,23?,24-/m1/s1. The van der Waals surface area contributed by atoms with Crippen LogP contribution >= 0.6 is 0 Å². The topological polar surface area (TPSA) is 82.0 Å². The number of hydrogen-bond acceptors (Lipinski definition) is 5. The van der Waals surface area contributed by atoms with E-state index in [1.54, 1.807) is 0 Å². The Morgan fingerprint density at radius 2 is 1.82 bits per heavy atom. The largest absolute Gasteiger partial charge is 0.368 e. The molecule has 3 amide bonds. The smallest absolute Gasteiger partial charge is 0.274 e. The van der Waals surface area contributed by atoms with Gasteiger partial charge < -0.3 is 19.6 Å². The maximum absolute atomic E-state index is 13.8. The molecule has 1 unspecified atom stereocenters. The number of anilines is 1. The molecule has 2 aliphatic carbocycles. The molecule has 0 radical (unpaired) electrons. The summed E-state index contributed by atoms with van der Waals surface area (Å²) in [5, 5.41) is 4.83. The van der Waals surface area contributed by atoms with Crippen LogP contribution in [0.5, 0.6) is 0 Å². The first-order valence-electron chi connectivity index (χ1n) is 15.2. The van der Waals surface area contributed by atoms with Gasteiger partial charge in [0.2, 0.25) is 11.8 Å². The van der Waals surface area contributed by atoms with Crippen molar-refractivity contribution < 1.29 is 14.4 Å². The fraction of sp³-hybridized carbons (Fsp3) is 0.613. The third kappa shape index (κ3) is 4.38. The molecule has 4 heterocycles. The highest BCUT2D eigenvalue weighted by Gasteiger charge is 2.51. The van der Waals surface area contributed by atoms with Crippen LogP contribution in [0.25, 0.3) is 0 Å². The molecule has 9 heteroatoms. The molecule has 0 N–H and O–H groups in total. The number of likely N-dealkylation sites (tertiary alicyclic amines) is 2. The molecule has 1 aromatic heterocycles. The number of amides is 3. The van der Waals surface area contributed by atoms with Crippen LogP contribution in [-0.2, 0) is 22.6 Å². The van der Waals surface area contributed by atoms with E-state index in [9.17, 15) is 14.4 Å². The number of carbonyl (C=O) groups is 3. The summed E-state index contributed by atoms with van der Waals surface area (Å²) in [6, 6.07) is 6.53. The zero-order valence-corrected chi connectivity index (χ0v) is 23.8. The number of nitrogens with zero attached hydrogens (tertiary/aromatic N) is 6. The Morgan fingerprint density at radius 3 is 2.60 bits per heavy atom. The number of aromatic nitrogens is 2. The van der Waals surface area contributed by atoms with Crippen LogP contribution in [0, 0.1) is 19.8 Å². The predicted octanol–water partition coefficient (Wildman–Crippen LogP) is 2.74. The summed E-state index contributed by atoms with van der Waals surface area (Å²) in [6.45, 7) is 9.62. The van der Waals surface area contributed by atoms with Crippen LogP contribution in [-0.4, -0.2) is 94.1 Å². The van der Waals surface area contributed by atoms with Gasteiger partial charge in [0, 0.05) is 75.2 Å². The minimum Gasteiger partial charge on any atom is -0.368 e. The quantitative estimate of drug-likeness (QED) is 0.578. The molecule has 40 heavy (non-hydrogen) atoms. The van der Waals surface area contributed by atoms with Gasteiger partial charge in [0.15, 0.2) is 5.69 Å². The van der Waals surface area contributed by atoms with Crippen molar-refractivity contribution in [1.82, 2.24) is 24.5 Å². The first kappa shape index (κ1) is 25.6. The van der Waals surface area contributed by atoms with Gasteiger partial charge in [0.25, 0.3) is 5.91 Å². The second-order valence-electron chi connectivity index (χ2n) is 12.5. The SMILES string of the molecule is Cc1cccc(N2CCN(C(=O)Cn3nc(C(=O)N4CCCC(N5CCCC5=O)C4)c4c3C[C@H]3C[C@@H]43)CC2)c1C. The Balaban J connectivity index is 1.04. The highest BCUT2D eigenvalue weighted by molar-refractivity contribution is 5.95. The van der Waals surface area contributed by atoms with Crippen molar-refractivity contribution in [2.45, 2.75) is 70.9 Å². The van der Waals surface area contributed by atoms with Crippen molar-refractivity contribution in [1.29, 1.82) is 0 Å². The Kier molecular flexibility index (Phi) is 6.35. The Labute approximate surface area is 236 Å². The van der Waals surface area contributed by atoms with E-state index in [2.05, 4.69) is 36.9 Å². The van der Waals surface area contributed by atoms with E-state index in [0.717, 1.165) is 63.0 Å². The Morgan fingerprint density at radius 1 is 1.00 bits per heavy atom. The maximum atomic E-state index is 13.8. The minimum atomic E-state index is -0.0199. The van der Waals surface area contributed by atoms with Crippen molar-refractivity contribution in [2.75, 3.05) is 50.7 Å². The van der Waals surface area contributed by atoms with E-state index in [0.29, 0.717) is 50.1 Å². The maximum Gasteiger partial charge on any atom is 0.274 e. The number of rotatable bonds is 5. The van der Waals surface area contributed by atoms with Crippen molar-refractivity contribution in [3.05, 3.63) is 46.3 Å². The number of aryl methyl sites for hydroxylation is 1. The minimum absolute atomic E-state index is 0.0199. The number of carbonyl (C=O) groups excluding carboxylic acids is 3. The second-order valence-corrected chi connectivity index (χ2v) is 12.5. The van der Waals surface area contributed by atoms with E-state index in [1.165, 1.54) is 16.8 Å². The monoisotopic (exact) mass is 544 g/mol. The number of piperazine rings is 1. The lowest BCUT2D eigenvalue weighted by molar-refractivity contribution is -0.132. The molecule has 3 aliphatic heterocycles. The summed E-state index contributed by atoms with van der Waals surface area (Å²) in [4.78, 5) is 47.8. The van der Waals surface area contributed by atoms with E-state index < -0.39 is 0 Å². The molecule has 0 bridgehead atoms. The lowest BCUT2D eigenvalue weighted by Gasteiger charge is -2.37. The van der Waals surface area contributed by atoms with Crippen LogP contribution < -0.4 is 4.90 Å². The van der Waals surface area contributed by atoms with Gasteiger partial charge >= 0.3 is 0 Å². The van der Waals surface area contributed by atoms with E-state index >= 15 is 0 Å². The number of benzene rings is 1. The fourth-order valence-electron chi connectivity index (χ4n) is 7.58. The van der Waals surface area contributed by atoms with Gasteiger partial charge in [-0.2, -0.15) is 5.10 Å². The molecule has 5 aliphatic rings. The summed E-state index contributed by atoms with van der Waals surface area (Å²) in [5.41, 5.74) is 6.60.